The Kier molecular flexibility index (Phi) is 10.3. The van der Waals surface area contributed by atoms with E-state index in [1.807, 2.05) is 12.1 Å². The predicted octanol–water partition coefficient (Wildman–Crippen LogP) is -0.0318. The summed E-state index contributed by atoms with van der Waals surface area (Å²) in [6, 6.07) is 5.37. The minimum Gasteiger partial charge on any atom is -0.379 e. The molecule has 1 aromatic carbocycles. The van der Waals surface area contributed by atoms with Gasteiger partial charge in [0.05, 0.1) is 33.0 Å². The number of hydrogen-bond donors (Lipinski definition) is 2. The Hall–Kier alpha value is -2.57. The average Bonchev–Trinajstić information content (AvgIpc) is 3.23. The molecule has 11 nitrogen and oxygen atoms in total. The molecule has 3 heterocycles. The molecule has 4 rings (SSSR count). The molecule has 3 aliphatic rings. The number of rotatable bonds is 14. The topological polar surface area (TPSA) is 127 Å². The first-order chi connectivity index (χ1) is 18.1. The lowest BCUT2D eigenvalue weighted by molar-refractivity contribution is -0.136. The maximum Gasteiger partial charge on any atom is 0.255 e. The fourth-order valence-electron chi connectivity index (χ4n) is 5.00. The number of nitrogens with one attached hydrogen (secondary N) is 1. The molecule has 1 aromatic rings. The number of anilines is 1. The summed E-state index contributed by atoms with van der Waals surface area (Å²) in [6.07, 6.45) is 1.62. The monoisotopic (exact) mass is 517 g/mol. The largest absolute Gasteiger partial charge is 0.379 e. The van der Waals surface area contributed by atoms with Crippen LogP contribution in [0.5, 0.6) is 0 Å². The maximum atomic E-state index is 12.9. The lowest BCUT2D eigenvalue weighted by Gasteiger charge is -2.36. The van der Waals surface area contributed by atoms with Gasteiger partial charge in [-0.15, -0.1) is 0 Å². The normalized spacial score (nSPS) is 20.5. The molecule has 3 aliphatic heterocycles. The van der Waals surface area contributed by atoms with Crippen molar-refractivity contribution in [3.63, 3.8) is 0 Å². The Morgan fingerprint density at radius 3 is 2.32 bits per heavy atom. The highest BCUT2D eigenvalue weighted by Crippen LogP contribution is 2.30. The fourth-order valence-corrected chi connectivity index (χ4v) is 5.00. The molecule has 204 valence electrons. The molecule has 3 N–H and O–H groups in total. The molecule has 2 saturated heterocycles. The van der Waals surface area contributed by atoms with Gasteiger partial charge in [0.25, 0.3) is 5.91 Å². The molecule has 1 atom stereocenters. The van der Waals surface area contributed by atoms with Crippen LogP contribution in [-0.4, -0.2) is 112 Å². The van der Waals surface area contributed by atoms with Gasteiger partial charge in [-0.3, -0.25) is 24.6 Å². The molecule has 11 heteroatoms. The van der Waals surface area contributed by atoms with E-state index in [0.29, 0.717) is 58.1 Å². The fraction of sp³-hybridized carbons (Fsp3) is 0.654. The summed E-state index contributed by atoms with van der Waals surface area (Å²) in [4.78, 5) is 43.1. The number of ether oxygens (including phenoxy) is 3. The highest BCUT2D eigenvalue weighted by atomic mass is 16.5. The number of amides is 3. The van der Waals surface area contributed by atoms with Gasteiger partial charge in [0.1, 0.15) is 6.04 Å². The number of piperazine rings is 1. The van der Waals surface area contributed by atoms with E-state index in [0.717, 1.165) is 57.0 Å². The van der Waals surface area contributed by atoms with Crippen molar-refractivity contribution in [1.82, 2.24) is 15.1 Å². The van der Waals surface area contributed by atoms with Gasteiger partial charge in [-0.1, -0.05) is 0 Å². The van der Waals surface area contributed by atoms with Crippen LogP contribution in [0.3, 0.4) is 0 Å². The summed E-state index contributed by atoms with van der Waals surface area (Å²) < 4.78 is 16.4. The van der Waals surface area contributed by atoms with E-state index < -0.39 is 6.04 Å². The van der Waals surface area contributed by atoms with Gasteiger partial charge in [0.2, 0.25) is 11.8 Å². The van der Waals surface area contributed by atoms with E-state index in [1.54, 1.807) is 4.90 Å². The van der Waals surface area contributed by atoms with Crippen molar-refractivity contribution in [2.75, 3.05) is 83.8 Å². The van der Waals surface area contributed by atoms with Crippen molar-refractivity contribution >= 4 is 23.4 Å². The average molecular weight is 518 g/mol. The van der Waals surface area contributed by atoms with Gasteiger partial charge in [-0.2, -0.15) is 0 Å². The Morgan fingerprint density at radius 2 is 1.62 bits per heavy atom. The first-order valence-electron chi connectivity index (χ1n) is 13.2. The summed E-state index contributed by atoms with van der Waals surface area (Å²) in [5, 5.41) is 2.35. The summed E-state index contributed by atoms with van der Waals surface area (Å²) in [7, 11) is 0. The van der Waals surface area contributed by atoms with Crippen LogP contribution in [0.1, 0.15) is 35.2 Å². The minimum atomic E-state index is -0.581. The number of piperidine rings is 1. The number of carbonyl (C=O) groups is 3. The van der Waals surface area contributed by atoms with Crippen molar-refractivity contribution < 1.29 is 28.6 Å². The molecule has 0 spiro atoms. The third kappa shape index (κ3) is 7.48. The van der Waals surface area contributed by atoms with Crippen LogP contribution in [0.15, 0.2) is 18.2 Å². The second kappa shape index (κ2) is 13.8. The Morgan fingerprint density at radius 1 is 0.919 bits per heavy atom. The van der Waals surface area contributed by atoms with E-state index in [-0.39, 0.29) is 24.1 Å². The first kappa shape index (κ1) is 27.5. The number of nitrogens with zero attached hydrogens (tertiary/aromatic N) is 3. The van der Waals surface area contributed by atoms with E-state index >= 15 is 0 Å². The molecule has 2 fully saturated rings. The number of imide groups is 1. The summed E-state index contributed by atoms with van der Waals surface area (Å²) in [6.45, 7) is 9.30. The zero-order chi connectivity index (χ0) is 26.0. The summed E-state index contributed by atoms with van der Waals surface area (Å²) in [5.41, 5.74) is 8.06. The maximum absolute atomic E-state index is 12.9. The zero-order valence-electron chi connectivity index (χ0n) is 21.5. The third-order valence-corrected chi connectivity index (χ3v) is 7.01. The molecule has 0 radical (unpaired) electrons. The van der Waals surface area contributed by atoms with Gasteiger partial charge in [0, 0.05) is 70.1 Å². The Balaban J connectivity index is 1.13. The van der Waals surface area contributed by atoms with Crippen molar-refractivity contribution in [1.29, 1.82) is 0 Å². The van der Waals surface area contributed by atoms with Crippen LogP contribution < -0.4 is 16.0 Å². The second-order valence-corrected chi connectivity index (χ2v) is 9.55. The van der Waals surface area contributed by atoms with Crippen molar-refractivity contribution in [3.05, 3.63) is 29.3 Å². The number of hydrogen-bond acceptors (Lipinski definition) is 9. The number of nitrogens with two attached hydrogens (primary N) is 1. The third-order valence-electron chi connectivity index (χ3n) is 7.01. The van der Waals surface area contributed by atoms with Gasteiger partial charge >= 0.3 is 0 Å². The van der Waals surface area contributed by atoms with Crippen molar-refractivity contribution in [2.24, 2.45) is 5.73 Å². The quantitative estimate of drug-likeness (QED) is 0.258. The molecule has 0 aliphatic carbocycles. The van der Waals surface area contributed by atoms with E-state index in [4.69, 9.17) is 19.9 Å². The van der Waals surface area contributed by atoms with Gasteiger partial charge < -0.3 is 29.7 Å². The van der Waals surface area contributed by atoms with Crippen molar-refractivity contribution in [2.45, 2.75) is 31.8 Å². The first-order valence-corrected chi connectivity index (χ1v) is 13.2. The molecule has 37 heavy (non-hydrogen) atoms. The molecular formula is C26H39N5O6. The summed E-state index contributed by atoms with van der Waals surface area (Å²) >= 11 is 0. The molecule has 3 amide bonds. The molecule has 0 aromatic heterocycles. The van der Waals surface area contributed by atoms with Crippen molar-refractivity contribution in [3.8, 4) is 0 Å². The van der Waals surface area contributed by atoms with Gasteiger partial charge in [-0.05, 0) is 36.6 Å². The van der Waals surface area contributed by atoms with Crippen LogP contribution in [0.2, 0.25) is 0 Å². The van der Waals surface area contributed by atoms with Crippen LogP contribution in [0, 0.1) is 0 Å². The van der Waals surface area contributed by atoms with Gasteiger partial charge in [0.15, 0.2) is 0 Å². The van der Waals surface area contributed by atoms with Crippen LogP contribution in [0.25, 0.3) is 0 Å². The Bertz CT molecular complexity index is 936. The highest BCUT2D eigenvalue weighted by Gasteiger charge is 2.39. The molecule has 0 saturated carbocycles. The summed E-state index contributed by atoms with van der Waals surface area (Å²) in [5.74, 6) is -0.784. The van der Waals surface area contributed by atoms with Gasteiger partial charge in [-0.25, -0.2) is 0 Å². The lowest BCUT2D eigenvalue weighted by Crippen LogP contribution is -2.52. The van der Waals surface area contributed by atoms with E-state index in [2.05, 4.69) is 21.2 Å². The highest BCUT2D eigenvalue weighted by molar-refractivity contribution is 6.05. The molecule has 1 unspecified atom stereocenters. The van der Waals surface area contributed by atoms with Crippen LogP contribution in [0.4, 0.5) is 5.69 Å². The standard InChI is InChI=1S/C26H39N5O6/c27-6-13-36-15-17-37-16-14-35-12-1-7-29-8-10-30(11-9-29)21-2-3-22-20(18-21)19-31(26(22)34)23-4-5-24(32)28-25(23)33/h2-3,18,23H,1,4-17,19,27H2,(H,28,32,33). The SMILES string of the molecule is NCCOCCOCCOCCCN1CCN(c2ccc3c(c2)CN(C2CCC(=O)NC2=O)C3=O)CC1. The molecule has 0 bridgehead atoms. The van der Waals surface area contributed by atoms with Crippen LogP contribution in [-0.2, 0) is 30.3 Å². The number of fused-ring (bicyclic) bond motifs is 1. The van der Waals surface area contributed by atoms with Crippen LogP contribution >= 0.6 is 0 Å². The zero-order valence-corrected chi connectivity index (χ0v) is 21.5. The second-order valence-electron chi connectivity index (χ2n) is 9.55. The molecular weight excluding hydrogens is 478 g/mol. The number of benzene rings is 1. The number of carbonyl (C=O) groups excluding carboxylic acids is 3. The minimum absolute atomic E-state index is 0.133. The van der Waals surface area contributed by atoms with E-state index in [1.165, 1.54) is 0 Å². The van der Waals surface area contributed by atoms with E-state index in [9.17, 15) is 14.4 Å². The Labute approximate surface area is 218 Å². The lowest BCUT2D eigenvalue weighted by atomic mass is 10.0. The smallest absolute Gasteiger partial charge is 0.255 e. The predicted molar refractivity (Wildman–Crippen MR) is 137 cm³/mol.